The van der Waals surface area contributed by atoms with Crippen LogP contribution in [0.4, 0.5) is 0 Å². The molecule has 0 bridgehead atoms. The van der Waals surface area contributed by atoms with Gasteiger partial charge in [-0.3, -0.25) is 4.79 Å². The molecule has 1 aromatic rings. The summed E-state index contributed by atoms with van der Waals surface area (Å²) in [6.45, 7) is 0. The molecule has 0 spiro atoms. The van der Waals surface area contributed by atoms with E-state index in [-0.39, 0.29) is 17.7 Å². The Morgan fingerprint density at radius 2 is 2.26 bits per heavy atom. The Hall–Kier alpha value is -1.27. The third kappa shape index (κ3) is 3.39. The fourth-order valence-electron chi connectivity index (χ4n) is 1.79. The van der Waals surface area contributed by atoms with E-state index in [4.69, 9.17) is 22.5 Å². The number of amidine groups is 1. The quantitative estimate of drug-likeness (QED) is 0.338. The van der Waals surface area contributed by atoms with Crippen LogP contribution in [0.5, 0.6) is 0 Å². The van der Waals surface area contributed by atoms with Crippen LogP contribution in [-0.2, 0) is 0 Å². The molecule has 1 aliphatic carbocycles. The van der Waals surface area contributed by atoms with Crippen molar-refractivity contribution < 1.29 is 10.0 Å². The summed E-state index contributed by atoms with van der Waals surface area (Å²) in [7, 11) is 0. The van der Waals surface area contributed by atoms with E-state index < -0.39 is 6.04 Å². The Morgan fingerprint density at radius 1 is 1.58 bits per heavy atom. The normalized spacial score (nSPS) is 17.1. The molecule has 0 heterocycles. The highest BCUT2D eigenvalue weighted by molar-refractivity contribution is 9.10. The Labute approximate surface area is 123 Å². The number of hydrogen-bond donors (Lipinski definition) is 3. The predicted molar refractivity (Wildman–Crippen MR) is 76.5 cm³/mol. The van der Waals surface area contributed by atoms with Crippen LogP contribution in [0.25, 0.3) is 0 Å². The van der Waals surface area contributed by atoms with Crippen LogP contribution in [0.3, 0.4) is 0 Å². The van der Waals surface area contributed by atoms with Crippen LogP contribution in [0, 0.1) is 5.92 Å². The summed E-state index contributed by atoms with van der Waals surface area (Å²) in [6, 6.07) is 4.47. The molecule has 1 atom stereocenters. The first kappa shape index (κ1) is 14.1. The SMILES string of the molecule is N/C(=N/O)C(NC(=O)c1ccc(Cl)c(Br)c1)C1CC1. The average molecular weight is 347 g/mol. The summed E-state index contributed by atoms with van der Waals surface area (Å²) in [5.74, 6) is 0.000312. The van der Waals surface area contributed by atoms with E-state index in [1.54, 1.807) is 18.2 Å². The van der Waals surface area contributed by atoms with Gasteiger partial charge in [0.05, 0.1) is 11.1 Å². The summed E-state index contributed by atoms with van der Waals surface area (Å²) >= 11 is 9.14. The maximum absolute atomic E-state index is 12.1. The highest BCUT2D eigenvalue weighted by Gasteiger charge is 2.35. The summed E-state index contributed by atoms with van der Waals surface area (Å²) in [6.07, 6.45) is 1.93. The molecule has 1 fully saturated rings. The lowest BCUT2D eigenvalue weighted by Crippen LogP contribution is -2.46. The molecule has 5 nitrogen and oxygen atoms in total. The van der Waals surface area contributed by atoms with E-state index in [9.17, 15) is 4.79 Å². The van der Waals surface area contributed by atoms with Gasteiger partial charge in [0.1, 0.15) is 0 Å². The number of carbonyl (C=O) groups excluding carboxylic acids is 1. The predicted octanol–water partition coefficient (Wildman–Crippen LogP) is 2.36. The first-order valence-electron chi connectivity index (χ1n) is 5.76. The number of halogens is 2. The number of benzene rings is 1. The molecular formula is C12H13BrClN3O2. The number of nitrogens with two attached hydrogens (primary N) is 1. The second kappa shape index (κ2) is 5.79. The molecule has 0 aromatic heterocycles. The van der Waals surface area contributed by atoms with Crippen molar-refractivity contribution in [2.45, 2.75) is 18.9 Å². The van der Waals surface area contributed by atoms with E-state index in [1.807, 2.05) is 0 Å². The van der Waals surface area contributed by atoms with Crippen LogP contribution in [-0.4, -0.2) is 23.0 Å². The zero-order valence-electron chi connectivity index (χ0n) is 9.94. The van der Waals surface area contributed by atoms with Crippen molar-refractivity contribution in [2.24, 2.45) is 16.8 Å². The summed E-state index contributed by atoms with van der Waals surface area (Å²) in [5, 5.41) is 15.0. The number of amides is 1. The van der Waals surface area contributed by atoms with Gasteiger partial charge in [-0.1, -0.05) is 16.8 Å². The fraction of sp³-hybridized carbons (Fsp3) is 0.333. The lowest BCUT2D eigenvalue weighted by atomic mass is 10.1. The molecule has 0 saturated heterocycles. The minimum atomic E-state index is -0.424. The van der Waals surface area contributed by atoms with E-state index in [0.29, 0.717) is 15.1 Å². The highest BCUT2D eigenvalue weighted by atomic mass is 79.9. The molecule has 1 unspecified atom stereocenters. The van der Waals surface area contributed by atoms with E-state index in [2.05, 4.69) is 26.4 Å². The van der Waals surface area contributed by atoms with E-state index in [0.717, 1.165) is 12.8 Å². The Bertz CT molecular complexity index is 532. The first-order valence-corrected chi connectivity index (χ1v) is 6.93. The Morgan fingerprint density at radius 3 is 2.79 bits per heavy atom. The molecule has 1 saturated carbocycles. The molecule has 1 amide bonds. The maximum atomic E-state index is 12.1. The van der Waals surface area contributed by atoms with Gasteiger partial charge in [-0.05, 0) is 52.9 Å². The van der Waals surface area contributed by atoms with Crippen molar-refractivity contribution in [1.82, 2.24) is 5.32 Å². The molecule has 0 radical (unpaired) electrons. The number of rotatable bonds is 4. The molecular weight excluding hydrogens is 334 g/mol. The number of hydrogen-bond acceptors (Lipinski definition) is 3. The van der Waals surface area contributed by atoms with Crippen molar-refractivity contribution in [2.75, 3.05) is 0 Å². The molecule has 4 N–H and O–H groups in total. The molecule has 102 valence electrons. The van der Waals surface area contributed by atoms with Crippen molar-refractivity contribution in [3.8, 4) is 0 Å². The number of carbonyl (C=O) groups is 1. The van der Waals surface area contributed by atoms with Crippen molar-refractivity contribution in [1.29, 1.82) is 0 Å². The van der Waals surface area contributed by atoms with Crippen LogP contribution >= 0.6 is 27.5 Å². The summed E-state index contributed by atoms with van der Waals surface area (Å²) in [4.78, 5) is 12.1. The van der Waals surface area contributed by atoms with Gasteiger partial charge < -0.3 is 16.3 Å². The molecule has 7 heteroatoms. The van der Waals surface area contributed by atoms with Gasteiger partial charge in [0.2, 0.25) is 0 Å². The van der Waals surface area contributed by atoms with Crippen LogP contribution in [0.15, 0.2) is 27.8 Å². The lowest BCUT2D eigenvalue weighted by molar-refractivity contribution is 0.0943. The second-order valence-electron chi connectivity index (χ2n) is 4.44. The molecule has 1 aliphatic rings. The zero-order valence-corrected chi connectivity index (χ0v) is 12.3. The van der Waals surface area contributed by atoms with Crippen LogP contribution < -0.4 is 11.1 Å². The standard InChI is InChI=1S/C12H13BrClN3O2/c13-8-5-7(3-4-9(8)14)12(18)16-10(6-1-2-6)11(15)17-19/h3-6,10,19H,1-2H2,(H2,15,17)(H,16,18). The number of nitrogens with zero attached hydrogens (tertiary/aromatic N) is 1. The largest absolute Gasteiger partial charge is 0.409 e. The first-order chi connectivity index (χ1) is 9.02. The van der Waals surface area contributed by atoms with Gasteiger partial charge in [0.25, 0.3) is 5.91 Å². The fourth-order valence-corrected chi connectivity index (χ4v) is 2.28. The smallest absolute Gasteiger partial charge is 0.251 e. The lowest BCUT2D eigenvalue weighted by Gasteiger charge is -2.16. The summed E-state index contributed by atoms with van der Waals surface area (Å²) in [5.41, 5.74) is 6.06. The van der Waals surface area contributed by atoms with Crippen molar-refractivity contribution >= 4 is 39.3 Å². The van der Waals surface area contributed by atoms with Gasteiger partial charge >= 0.3 is 0 Å². The van der Waals surface area contributed by atoms with E-state index >= 15 is 0 Å². The second-order valence-corrected chi connectivity index (χ2v) is 5.70. The average Bonchev–Trinajstić information content (AvgIpc) is 3.22. The van der Waals surface area contributed by atoms with Crippen LogP contribution in [0.2, 0.25) is 5.02 Å². The monoisotopic (exact) mass is 345 g/mol. The maximum Gasteiger partial charge on any atom is 0.251 e. The number of nitrogens with one attached hydrogen (secondary N) is 1. The van der Waals surface area contributed by atoms with E-state index in [1.165, 1.54) is 0 Å². The minimum absolute atomic E-state index is 0.0314. The summed E-state index contributed by atoms with van der Waals surface area (Å²) < 4.78 is 0.647. The molecule has 2 rings (SSSR count). The van der Waals surface area contributed by atoms with Gasteiger partial charge in [-0.15, -0.1) is 0 Å². The molecule has 1 aromatic carbocycles. The van der Waals surface area contributed by atoms with Gasteiger partial charge in [-0.25, -0.2) is 0 Å². The zero-order chi connectivity index (χ0) is 14.0. The topological polar surface area (TPSA) is 87.7 Å². The van der Waals surface area contributed by atoms with Gasteiger partial charge in [0.15, 0.2) is 5.84 Å². The van der Waals surface area contributed by atoms with Crippen molar-refractivity contribution in [3.63, 3.8) is 0 Å². The van der Waals surface area contributed by atoms with Gasteiger partial charge in [0, 0.05) is 10.0 Å². The highest BCUT2D eigenvalue weighted by Crippen LogP contribution is 2.33. The molecule has 19 heavy (non-hydrogen) atoms. The van der Waals surface area contributed by atoms with Crippen molar-refractivity contribution in [3.05, 3.63) is 33.3 Å². The van der Waals surface area contributed by atoms with Gasteiger partial charge in [-0.2, -0.15) is 0 Å². The third-order valence-electron chi connectivity index (χ3n) is 3.00. The Kier molecular flexibility index (Phi) is 4.31. The minimum Gasteiger partial charge on any atom is -0.409 e. The van der Waals surface area contributed by atoms with Crippen LogP contribution in [0.1, 0.15) is 23.2 Å². The number of oxime groups is 1. The third-order valence-corrected chi connectivity index (χ3v) is 4.21. The molecule has 0 aliphatic heterocycles. The Balaban J connectivity index is 2.12.